The van der Waals surface area contributed by atoms with Gasteiger partial charge >= 0.3 is 17.9 Å². The first-order chi connectivity index (χ1) is 13.8. The summed E-state index contributed by atoms with van der Waals surface area (Å²) in [4.78, 5) is 48.8. The summed E-state index contributed by atoms with van der Waals surface area (Å²) < 4.78 is 15.8. The van der Waals surface area contributed by atoms with Crippen LogP contribution >= 0.6 is 0 Å². The van der Waals surface area contributed by atoms with Gasteiger partial charge in [-0.1, -0.05) is 0 Å². The smallest absolute Gasteiger partial charge is 0.329 e. The van der Waals surface area contributed by atoms with Crippen molar-refractivity contribution in [3.8, 4) is 0 Å². The highest BCUT2D eigenvalue weighted by Crippen LogP contribution is 2.14. The largest absolute Gasteiger partial charge is 0.460 e. The van der Waals surface area contributed by atoms with Crippen molar-refractivity contribution in [2.45, 2.75) is 117 Å². The van der Waals surface area contributed by atoms with Gasteiger partial charge in [-0.3, -0.25) is 14.4 Å². The summed E-state index contributed by atoms with van der Waals surface area (Å²) in [6.07, 6.45) is -0.0907. The second kappa shape index (κ2) is 11.5. The van der Waals surface area contributed by atoms with Crippen LogP contribution in [0.3, 0.4) is 0 Å². The zero-order valence-corrected chi connectivity index (χ0v) is 20.4. The lowest BCUT2D eigenvalue weighted by Gasteiger charge is -2.25. The average molecular weight is 445 g/mol. The van der Waals surface area contributed by atoms with Gasteiger partial charge in [0.25, 0.3) is 0 Å². The Balaban J connectivity index is 4.93. The maximum absolute atomic E-state index is 12.5. The molecule has 0 spiro atoms. The Morgan fingerprint density at radius 1 is 0.710 bits per heavy atom. The van der Waals surface area contributed by atoms with E-state index in [1.165, 1.54) is 0 Å². The normalized spacial score (nSPS) is 14.3. The molecule has 0 aliphatic heterocycles. The molecule has 9 nitrogen and oxygen atoms in total. The van der Waals surface area contributed by atoms with Gasteiger partial charge in [0, 0.05) is 12.8 Å². The fraction of sp³-hybridized carbons (Fsp3) is 0.818. The number of carbonyl (C=O) groups is 4. The van der Waals surface area contributed by atoms with E-state index in [2.05, 4.69) is 5.32 Å². The van der Waals surface area contributed by atoms with Crippen LogP contribution in [-0.4, -0.2) is 52.7 Å². The SMILES string of the molecule is CC(C)(C)OC(=O)CC[C@H](NC(=O)CC[C@@H](N)C(=O)OC(C)(C)C)C(=O)OC(C)(C)C. The molecule has 0 unspecified atom stereocenters. The summed E-state index contributed by atoms with van der Waals surface area (Å²) in [5.41, 5.74) is 3.70. The molecule has 31 heavy (non-hydrogen) atoms. The Kier molecular flexibility index (Phi) is 10.7. The van der Waals surface area contributed by atoms with Crippen LogP contribution in [0.2, 0.25) is 0 Å². The predicted molar refractivity (Wildman–Crippen MR) is 116 cm³/mol. The molecular weight excluding hydrogens is 404 g/mol. The van der Waals surface area contributed by atoms with E-state index in [1.807, 2.05) is 0 Å². The van der Waals surface area contributed by atoms with Crippen molar-refractivity contribution in [3.05, 3.63) is 0 Å². The first-order valence-corrected chi connectivity index (χ1v) is 10.5. The van der Waals surface area contributed by atoms with Crippen molar-refractivity contribution in [1.29, 1.82) is 0 Å². The Bertz CT molecular complexity index is 640. The lowest BCUT2D eigenvalue weighted by Crippen LogP contribution is -2.45. The summed E-state index contributed by atoms with van der Waals surface area (Å²) in [7, 11) is 0. The third-order valence-corrected chi connectivity index (χ3v) is 3.48. The summed E-state index contributed by atoms with van der Waals surface area (Å²) in [5, 5.41) is 2.57. The molecule has 0 rings (SSSR count). The van der Waals surface area contributed by atoms with Crippen molar-refractivity contribution in [2.75, 3.05) is 0 Å². The number of hydrogen-bond donors (Lipinski definition) is 2. The summed E-state index contributed by atoms with van der Waals surface area (Å²) in [6.45, 7) is 15.5. The summed E-state index contributed by atoms with van der Waals surface area (Å²) in [6, 6.07) is -2.00. The molecule has 0 aromatic carbocycles. The van der Waals surface area contributed by atoms with Crippen molar-refractivity contribution in [1.82, 2.24) is 5.32 Å². The highest BCUT2D eigenvalue weighted by Gasteiger charge is 2.29. The van der Waals surface area contributed by atoms with Gasteiger partial charge in [-0.15, -0.1) is 0 Å². The van der Waals surface area contributed by atoms with Crippen LogP contribution in [0.5, 0.6) is 0 Å². The van der Waals surface area contributed by atoms with E-state index in [-0.39, 0.29) is 25.7 Å². The van der Waals surface area contributed by atoms with Crippen molar-refractivity contribution in [3.63, 3.8) is 0 Å². The van der Waals surface area contributed by atoms with Crippen LogP contribution in [0.4, 0.5) is 0 Å². The molecule has 0 heterocycles. The van der Waals surface area contributed by atoms with Crippen LogP contribution in [0, 0.1) is 0 Å². The van der Waals surface area contributed by atoms with Gasteiger partial charge in [0.05, 0.1) is 0 Å². The molecule has 0 aliphatic rings. The molecule has 2 atom stereocenters. The van der Waals surface area contributed by atoms with E-state index < -0.39 is 52.7 Å². The van der Waals surface area contributed by atoms with Crippen LogP contribution in [-0.2, 0) is 33.4 Å². The maximum Gasteiger partial charge on any atom is 0.329 e. The summed E-state index contributed by atoms with van der Waals surface area (Å²) >= 11 is 0. The van der Waals surface area contributed by atoms with Crippen LogP contribution in [0.25, 0.3) is 0 Å². The number of ether oxygens (including phenoxy) is 3. The second-order valence-corrected chi connectivity index (χ2v) is 10.5. The highest BCUT2D eigenvalue weighted by molar-refractivity contribution is 5.85. The second-order valence-electron chi connectivity index (χ2n) is 10.5. The molecule has 0 saturated heterocycles. The third kappa shape index (κ3) is 15.3. The standard InChI is InChI=1S/C22H40N2O7/c1-20(2,3)29-17(26)13-11-15(19(28)31-22(7,8)9)24-16(25)12-10-14(23)18(27)30-21(4,5)6/h14-15H,10-13,23H2,1-9H3,(H,24,25)/t14-,15+/m1/s1. The number of hydrogen-bond acceptors (Lipinski definition) is 8. The minimum absolute atomic E-state index is 0.0215. The molecule has 9 heteroatoms. The number of nitrogens with two attached hydrogens (primary N) is 1. The van der Waals surface area contributed by atoms with E-state index in [4.69, 9.17) is 19.9 Å². The van der Waals surface area contributed by atoms with E-state index >= 15 is 0 Å². The van der Waals surface area contributed by atoms with E-state index in [0.29, 0.717) is 0 Å². The van der Waals surface area contributed by atoms with Crippen LogP contribution in [0.15, 0.2) is 0 Å². The predicted octanol–water partition coefficient (Wildman–Crippen LogP) is 2.38. The van der Waals surface area contributed by atoms with Crippen LogP contribution < -0.4 is 11.1 Å². The molecule has 0 fully saturated rings. The van der Waals surface area contributed by atoms with E-state index in [0.717, 1.165) is 0 Å². The third-order valence-electron chi connectivity index (χ3n) is 3.48. The lowest BCUT2D eigenvalue weighted by atomic mass is 10.1. The number of rotatable bonds is 9. The zero-order chi connectivity index (χ0) is 24.6. The molecular formula is C22H40N2O7. The molecule has 0 saturated carbocycles. The Hall–Kier alpha value is -2.16. The fourth-order valence-electron chi connectivity index (χ4n) is 2.32. The molecule has 0 radical (unpaired) electrons. The topological polar surface area (TPSA) is 134 Å². The van der Waals surface area contributed by atoms with Gasteiger partial charge < -0.3 is 25.3 Å². The minimum atomic E-state index is -1.03. The molecule has 0 aromatic rings. The quantitative estimate of drug-likeness (QED) is 0.409. The van der Waals surface area contributed by atoms with Crippen molar-refractivity contribution < 1.29 is 33.4 Å². The highest BCUT2D eigenvalue weighted by atomic mass is 16.6. The van der Waals surface area contributed by atoms with Gasteiger partial charge in [-0.25, -0.2) is 4.79 Å². The molecule has 0 aromatic heterocycles. The maximum atomic E-state index is 12.5. The Morgan fingerprint density at radius 2 is 1.16 bits per heavy atom. The first kappa shape index (κ1) is 28.8. The van der Waals surface area contributed by atoms with Gasteiger partial charge in [-0.05, 0) is 75.2 Å². The molecule has 180 valence electrons. The molecule has 1 amide bonds. The summed E-state index contributed by atoms with van der Waals surface area (Å²) in [5.74, 6) is -2.23. The van der Waals surface area contributed by atoms with E-state index in [9.17, 15) is 19.2 Å². The zero-order valence-electron chi connectivity index (χ0n) is 20.4. The lowest BCUT2D eigenvalue weighted by molar-refractivity contribution is -0.161. The Labute approximate surface area is 185 Å². The number of nitrogens with one attached hydrogen (secondary N) is 1. The molecule has 3 N–H and O–H groups in total. The van der Waals surface area contributed by atoms with Crippen molar-refractivity contribution >= 4 is 23.8 Å². The number of amides is 1. The van der Waals surface area contributed by atoms with Crippen LogP contribution in [0.1, 0.15) is 88.0 Å². The van der Waals surface area contributed by atoms with Gasteiger partial charge in [0.15, 0.2) is 0 Å². The van der Waals surface area contributed by atoms with Gasteiger partial charge in [0.2, 0.25) is 5.91 Å². The monoisotopic (exact) mass is 444 g/mol. The van der Waals surface area contributed by atoms with Gasteiger partial charge in [-0.2, -0.15) is 0 Å². The number of carbonyl (C=O) groups excluding carboxylic acids is 4. The Morgan fingerprint density at radius 3 is 1.61 bits per heavy atom. The van der Waals surface area contributed by atoms with Crippen molar-refractivity contribution in [2.24, 2.45) is 5.73 Å². The minimum Gasteiger partial charge on any atom is -0.460 e. The molecule has 0 aliphatic carbocycles. The average Bonchev–Trinajstić information content (AvgIpc) is 2.51. The van der Waals surface area contributed by atoms with E-state index in [1.54, 1.807) is 62.3 Å². The number of esters is 3. The fourth-order valence-corrected chi connectivity index (χ4v) is 2.32. The van der Waals surface area contributed by atoms with Gasteiger partial charge in [0.1, 0.15) is 28.9 Å². The molecule has 0 bridgehead atoms. The first-order valence-electron chi connectivity index (χ1n) is 10.5.